The first-order chi connectivity index (χ1) is 12.7. The number of nitrogens with one attached hydrogen (secondary N) is 1. The Morgan fingerprint density at radius 2 is 1.44 bits per heavy atom. The number of hydrogen-bond acceptors (Lipinski definition) is 2. The lowest BCUT2D eigenvalue weighted by molar-refractivity contribution is -0.123. The van der Waals surface area contributed by atoms with Crippen LogP contribution in [0.5, 0.6) is 0 Å². The average molecular weight is 378 g/mol. The van der Waals surface area contributed by atoms with E-state index in [0.29, 0.717) is 12.1 Å². The van der Waals surface area contributed by atoms with Gasteiger partial charge in [-0.2, -0.15) is 13.2 Å². The van der Waals surface area contributed by atoms with E-state index in [1.807, 2.05) is 24.4 Å². The third kappa shape index (κ3) is 6.13. The van der Waals surface area contributed by atoms with Gasteiger partial charge in [0.1, 0.15) is 6.54 Å². The molecule has 2 aromatic rings. The van der Waals surface area contributed by atoms with Crippen LogP contribution in [-0.4, -0.2) is 36.5 Å². The maximum absolute atomic E-state index is 12.5. The fraction of sp³-hybridized carbons (Fsp3) is 0.300. The molecule has 7 heteroatoms. The smallest absolute Gasteiger partial charge is 0.343 e. The summed E-state index contributed by atoms with van der Waals surface area (Å²) in [6.07, 6.45) is -3.55. The second-order valence-corrected chi connectivity index (χ2v) is 6.21. The summed E-state index contributed by atoms with van der Waals surface area (Å²) in [7, 11) is 1.67. The van der Waals surface area contributed by atoms with Crippen molar-refractivity contribution in [1.29, 1.82) is 0 Å². The van der Waals surface area contributed by atoms with Gasteiger partial charge in [-0.25, -0.2) is 0 Å². The van der Waals surface area contributed by atoms with E-state index >= 15 is 0 Å². The van der Waals surface area contributed by atoms with Crippen LogP contribution in [0.2, 0.25) is 0 Å². The van der Waals surface area contributed by atoms with Gasteiger partial charge in [-0.1, -0.05) is 31.2 Å². The molecule has 0 heterocycles. The van der Waals surface area contributed by atoms with E-state index in [0.717, 1.165) is 17.5 Å². The summed E-state index contributed by atoms with van der Waals surface area (Å²) in [6, 6.07) is 13.5. The van der Waals surface area contributed by atoms with Crippen molar-refractivity contribution in [3.63, 3.8) is 0 Å². The van der Waals surface area contributed by atoms with Crippen LogP contribution >= 0.6 is 0 Å². The predicted molar refractivity (Wildman–Crippen MR) is 96.4 cm³/mol. The Morgan fingerprint density at radius 1 is 0.926 bits per heavy atom. The molecular formula is C20H21F3N2O2. The maximum Gasteiger partial charge on any atom is 0.405 e. The minimum absolute atomic E-state index is 0.132. The van der Waals surface area contributed by atoms with E-state index in [4.69, 9.17) is 0 Å². The normalized spacial score (nSPS) is 11.1. The minimum Gasteiger partial charge on any atom is -0.343 e. The highest BCUT2D eigenvalue weighted by Gasteiger charge is 2.27. The van der Waals surface area contributed by atoms with Crippen molar-refractivity contribution >= 4 is 11.8 Å². The van der Waals surface area contributed by atoms with Crippen LogP contribution in [0.1, 0.15) is 38.8 Å². The van der Waals surface area contributed by atoms with E-state index in [1.54, 1.807) is 36.2 Å². The standard InChI is InChI=1S/C20H21F3N2O2/c1-3-14-4-10-17(11-5-14)19(27)25(2)12-15-6-8-16(9-7-15)18(26)24-13-20(21,22)23/h4-11H,3,12-13H2,1-2H3,(H,24,26). The Bertz CT molecular complexity index is 784. The number of nitrogens with zero attached hydrogens (tertiary/aromatic N) is 1. The molecule has 0 unspecified atom stereocenters. The first kappa shape index (κ1) is 20.5. The second kappa shape index (κ2) is 8.70. The van der Waals surface area contributed by atoms with E-state index in [-0.39, 0.29) is 11.5 Å². The molecule has 0 radical (unpaired) electrons. The van der Waals surface area contributed by atoms with Crippen LogP contribution < -0.4 is 5.32 Å². The number of carbonyl (C=O) groups excluding carboxylic acids is 2. The summed E-state index contributed by atoms with van der Waals surface area (Å²) in [6.45, 7) is 0.983. The molecule has 1 N–H and O–H groups in total. The van der Waals surface area contributed by atoms with Crippen LogP contribution in [0, 0.1) is 0 Å². The van der Waals surface area contributed by atoms with E-state index in [2.05, 4.69) is 0 Å². The summed E-state index contributed by atoms with van der Waals surface area (Å²) in [5.74, 6) is -0.927. The highest BCUT2D eigenvalue weighted by atomic mass is 19.4. The second-order valence-electron chi connectivity index (χ2n) is 6.21. The van der Waals surface area contributed by atoms with Gasteiger partial charge in [0.2, 0.25) is 0 Å². The molecule has 0 fully saturated rings. The number of alkyl halides is 3. The lowest BCUT2D eigenvalue weighted by Crippen LogP contribution is -2.33. The molecule has 2 rings (SSSR count). The SMILES string of the molecule is CCc1ccc(C(=O)N(C)Cc2ccc(C(=O)NCC(F)(F)F)cc2)cc1. The lowest BCUT2D eigenvalue weighted by atomic mass is 10.1. The summed E-state index contributed by atoms with van der Waals surface area (Å²) >= 11 is 0. The van der Waals surface area contributed by atoms with Gasteiger partial charge in [0, 0.05) is 24.7 Å². The Morgan fingerprint density at radius 3 is 1.96 bits per heavy atom. The fourth-order valence-corrected chi connectivity index (χ4v) is 2.49. The highest BCUT2D eigenvalue weighted by molar-refractivity contribution is 5.95. The summed E-state index contributed by atoms with van der Waals surface area (Å²) in [4.78, 5) is 25.7. The van der Waals surface area contributed by atoms with Crippen molar-refractivity contribution in [3.05, 3.63) is 70.8 Å². The predicted octanol–water partition coefficient (Wildman–Crippen LogP) is 3.81. The molecule has 0 spiro atoms. The first-order valence-electron chi connectivity index (χ1n) is 8.48. The van der Waals surface area contributed by atoms with Crippen LogP contribution in [0.15, 0.2) is 48.5 Å². The number of amides is 2. The van der Waals surface area contributed by atoms with Gasteiger partial charge in [-0.3, -0.25) is 9.59 Å². The maximum atomic E-state index is 12.5. The molecule has 2 aromatic carbocycles. The van der Waals surface area contributed by atoms with E-state index < -0.39 is 18.6 Å². The van der Waals surface area contributed by atoms with Gasteiger partial charge in [0.15, 0.2) is 0 Å². The molecule has 0 aromatic heterocycles. The molecule has 0 bridgehead atoms. The Labute approximate surface area is 156 Å². The Balaban J connectivity index is 1.96. The molecule has 4 nitrogen and oxygen atoms in total. The zero-order valence-electron chi connectivity index (χ0n) is 15.1. The molecule has 27 heavy (non-hydrogen) atoms. The quantitative estimate of drug-likeness (QED) is 0.831. The van der Waals surface area contributed by atoms with Crippen molar-refractivity contribution in [1.82, 2.24) is 10.2 Å². The van der Waals surface area contributed by atoms with Crippen LogP contribution in [0.4, 0.5) is 13.2 Å². The molecule has 0 saturated carbocycles. The Hall–Kier alpha value is -2.83. The fourth-order valence-electron chi connectivity index (χ4n) is 2.49. The van der Waals surface area contributed by atoms with Crippen molar-refractivity contribution in [2.75, 3.05) is 13.6 Å². The van der Waals surface area contributed by atoms with Crippen LogP contribution in [0.25, 0.3) is 0 Å². The summed E-state index contributed by atoms with van der Waals surface area (Å²) in [5, 5.41) is 1.82. The van der Waals surface area contributed by atoms with Gasteiger partial charge in [0.25, 0.3) is 11.8 Å². The zero-order chi connectivity index (χ0) is 20.0. The van der Waals surface area contributed by atoms with E-state index in [9.17, 15) is 22.8 Å². The molecule has 0 aliphatic carbocycles. The van der Waals surface area contributed by atoms with Gasteiger partial charge in [0.05, 0.1) is 0 Å². The summed E-state index contributed by atoms with van der Waals surface area (Å²) in [5.41, 5.74) is 2.63. The first-order valence-corrected chi connectivity index (χ1v) is 8.48. The van der Waals surface area contributed by atoms with Crippen molar-refractivity contribution < 1.29 is 22.8 Å². The van der Waals surface area contributed by atoms with E-state index in [1.165, 1.54) is 12.1 Å². The number of carbonyl (C=O) groups is 2. The molecule has 0 atom stereocenters. The van der Waals surface area contributed by atoms with Crippen molar-refractivity contribution in [3.8, 4) is 0 Å². The molecule has 0 saturated heterocycles. The van der Waals surface area contributed by atoms with Gasteiger partial charge < -0.3 is 10.2 Å². The average Bonchev–Trinajstić information content (AvgIpc) is 2.65. The Kier molecular flexibility index (Phi) is 6.60. The molecule has 0 aliphatic rings. The molecular weight excluding hydrogens is 357 g/mol. The number of aryl methyl sites for hydroxylation is 1. The molecule has 2 amide bonds. The van der Waals surface area contributed by atoms with Crippen LogP contribution in [0.3, 0.4) is 0 Å². The minimum atomic E-state index is -4.45. The van der Waals surface area contributed by atoms with Gasteiger partial charge in [-0.15, -0.1) is 0 Å². The number of rotatable bonds is 6. The van der Waals surface area contributed by atoms with Gasteiger partial charge >= 0.3 is 6.18 Å². The van der Waals surface area contributed by atoms with Crippen LogP contribution in [-0.2, 0) is 13.0 Å². The lowest BCUT2D eigenvalue weighted by Gasteiger charge is -2.18. The summed E-state index contributed by atoms with van der Waals surface area (Å²) < 4.78 is 36.4. The number of hydrogen-bond donors (Lipinski definition) is 1. The van der Waals surface area contributed by atoms with Gasteiger partial charge in [-0.05, 0) is 41.8 Å². The van der Waals surface area contributed by atoms with Crippen molar-refractivity contribution in [2.45, 2.75) is 26.1 Å². The monoisotopic (exact) mass is 378 g/mol. The molecule has 0 aliphatic heterocycles. The number of halogens is 3. The highest BCUT2D eigenvalue weighted by Crippen LogP contribution is 2.14. The van der Waals surface area contributed by atoms with Crippen molar-refractivity contribution in [2.24, 2.45) is 0 Å². The molecule has 144 valence electrons. The zero-order valence-corrected chi connectivity index (χ0v) is 15.1. The topological polar surface area (TPSA) is 49.4 Å². The third-order valence-corrected chi connectivity index (χ3v) is 4.04. The third-order valence-electron chi connectivity index (χ3n) is 4.04. The number of benzene rings is 2. The largest absolute Gasteiger partial charge is 0.405 e.